The molecule has 0 amide bonds. The second-order valence-electron chi connectivity index (χ2n) is 3.88. The van der Waals surface area contributed by atoms with Crippen LogP contribution in [0.2, 0.25) is 0 Å². The zero-order valence-corrected chi connectivity index (χ0v) is 11.9. The van der Waals surface area contributed by atoms with E-state index in [9.17, 15) is 14.3 Å². The maximum absolute atomic E-state index is 11.2. The zero-order valence-electron chi connectivity index (χ0n) is 11.1. The summed E-state index contributed by atoms with van der Waals surface area (Å²) in [5.41, 5.74) is 0.462. The molecule has 0 heterocycles. The zero-order chi connectivity index (χ0) is 14.4. The quantitative estimate of drug-likeness (QED) is 0.564. The maximum Gasteiger partial charge on any atom is 0.249 e. The van der Waals surface area contributed by atoms with Crippen LogP contribution in [-0.4, -0.2) is 34.9 Å². The van der Waals surface area contributed by atoms with Crippen LogP contribution in [0.4, 0.5) is 0 Å². The summed E-state index contributed by atoms with van der Waals surface area (Å²) in [4.78, 5) is 10.6. The molecule has 0 aliphatic carbocycles. The second kappa shape index (κ2) is 7.08. The Morgan fingerprint density at radius 1 is 1.42 bits per heavy atom. The molecule has 0 N–H and O–H groups in total. The van der Waals surface area contributed by atoms with Crippen LogP contribution < -0.4 is 9.47 Å². The minimum absolute atomic E-state index is 0.0229. The van der Waals surface area contributed by atoms with Crippen LogP contribution >= 0.6 is 0 Å². The van der Waals surface area contributed by atoms with E-state index < -0.39 is 21.8 Å². The van der Waals surface area contributed by atoms with E-state index in [0.717, 1.165) is 0 Å². The Balaban J connectivity index is 3.13. The first-order valence-electron chi connectivity index (χ1n) is 5.73. The summed E-state index contributed by atoms with van der Waals surface area (Å²) in [6.07, 6.45) is 1.45. The molecule has 0 aliphatic rings. The minimum atomic E-state index is -1.25. The fourth-order valence-electron chi connectivity index (χ4n) is 1.67. The topological polar surface area (TPSA) is 78.7 Å². The lowest BCUT2D eigenvalue weighted by Gasteiger charge is -2.13. The molecule has 0 radical (unpaired) electrons. The highest BCUT2D eigenvalue weighted by atomic mass is 32.2. The molecule has 0 spiro atoms. The Morgan fingerprint density at radius 3 is 2.58 bits per heavy atom. The number of nitrogens with zero attached hydrogens (tertiary/aromatic N) is 1. The molecule has 19 heavy (non-hydrogen) atoms. The van der Waals surface area contributed by atoms with E-state index in [1.807, 2.05) is 6.92 Å². The fourth-order valence-corrected chi connectivity index (χ4v) is 2.43. The van der Waals surface area contributed by atoms with Gasteiger partial charge in [0.25, 0.3) is 0 Å². The molecule has 1 rings (SSSR count). The van der Waals surface area contributed by atoms with Gasteiger partial charge >= 0.3 is 0 Å². The normalized spacial score (nSPS) is 13.6. The van der Waals surface area contributed by atoms with Crippen molar-refractivity contribution in [1.82, 2.24) is 0 Å². The molecule has 2 atom stereocenters. The van der Waals surface area contributed by atoms with Crippen LogP contribution in [0.3, 0.4) is 0 Å². The van der Waals surface area contributed by atoms with Crippen molar-refractivity contribution in [2.45, 2.75) is 13.0 Å². The maximum atomic E-state index is 11.2. The number of hydrogen-bond acceptors (Lipinski definition) is 5. The van der Waals surface area contributed by atoms with Gasteiger partial charge in [-0.25, -0.2) is 0 Å². The van der Waals surface area contributed by atoms with Gasteiger partial charge in [-0.15, -0.1) is 0 Å². The first-order chi connectivity index (χ1) is 8.99. The third-order valence-electron chi connectivity index (χ3n) is 2.52. The fraction of sp³-hybridized carbons (Fsp3) is 0.500. The van der Waals surface area contributed by atoms with Gasteiger partial charge in [0.2, 0.25) is 6.04 Å². The Bertz CT molecular complexity index is 477. The van der Waals surface area contributed by atoms with Gasteiger partial charge in [0.15, 0.2) is 11.5 Å². The van der Waals surface area contributed by atoms with Crippen molar-refractivity contribution in [3.63, 3.8) is 0 Å². The van der Waals surface area contributed by atoms with E-state index in [2.05, 4.69) is 0 Å². The van der Waals surface area contributed by atoms with Gasteiger partial charge in [-0.2, -0.15) is 0 Å². The monoisotopic (exact) mass is 287 g/mol. The summed E-state index contributed by atoms with van der Waals surface area (Å²) in [6, 6.07) is 3.79. The van der Waals surface area contributed by atoms with E-state index >= 15 is 0 Å². The van der Waals surface area contributed by atoms with Gasteiger partial charge in [0.1, 0.15) is 0 Å². The van der Waals surface area contributed by atoms with Gasteiger partial charge in [0, 0.05) is 27.5 Å². The van der Waals surface area contributed by atoms with E-state index in [1.54, 1.807) is 18.2 Å². The summed E-state index contributed by atoms with van der Waals surface area (Å²) >= 11 is 0. The van der Waals surface area contributed by atoms with Crippen LogP contribution in [0.15, 0.2) is 18.2 Å². The second-order valence-corrected chi connectivity index (χ2v) is 5.36. The van der Waals surface area contributed by atoms with Gasteiger partial charge in [-0.3, -0.25) is 14.3 Å². The first-order valence-corrected chi connectivity index (χ1v) is 7.46. The van der Waals surface area contributed by atoms with Crippen molar-refractivity contribution < 1.29 is 18.6 Å². The van der Waals surface area contributed by atoms with Crippen LogP contribution in [-0.2, 0) is 10.8 Å². The summed E-state index contributed by atoms with van der Waals surface area (Å²) in [7, 11) is 0.256. The molecule has 106 valence electrons. The molecule has 0 aliphatic heterocycles. The Hall–Kier alpha value is -1.63. The number of hydrogen-bond donors (Lipinski definition) is 0. The van der Waals surface area contributed by atoms with E-state index in [-0.39, 0.29) is 5.75 Å². The third kappa shape index (κ3) is 4.20. The average molecular weight is 287 g/mol. The third-order valence-corrected chi connectivity index (χ3v) is 3.30. The summed E-state index contributed by atoms with van der Waals surface area (Å²) in [5, 5.41) is 11.1. The predicted octanol–water partition coefficient (Wildman–Crippen LogP) is 1.79. The molecule has 0 bridgehead atoms. The highest BCUT2D eigenvalue weighted by Gasteiger charge is 2.25. The lowest BCUT2D eigenvalue weighted by atomic mass is 10.1. The lowest BCUT2D eigenvalue weighted by Crippen LogP contribution is -2.17. The molecule has 0 saturated carbocycles. The van der Waals surface area contributed by atoms with E-state index in [0.29, 0.717) is 23.7 Å². The molecule has 0 saturated heterocycles. The van der Waals surface area contributed by atoms with Crippen molar-refractivity contribution >= 4 is 10.8 Å². The highest BCUT2D eigenvalue weighted by molar-refractivity contribution is 7.84. The predicted molar refractivity (Wildman–Crippen MR) is 72.8 cm³/mol. The van der Waals surface area contributed by atoms with Crippen molar-refractivity contribution in [1.29, 1.82) is 0 Å². The molecule has 7 heteroatoms. The number of rotatable bonds is 7. The van der Waals surface area contributed by atoms with Gasteiger partial charge in [-0.05, 0) is 25.1 Å². The first kappa shape index (κ1) is 15.4. The van der Waals surface area contributed by atoms with Crippen LogP contribution in [0, 0.1) is 10.1 Å². The SMILES string of the molecule is CCOc1cc([C@H](CS(C)=O)[N+](=O)[O-])ccc1OC. The Morgan fingerprint density at radius 2 is 2.11 bits per heavy atom. The van der Waals surface area contributed by atoms with Crippen LogP contribution in [0.25, 0.3) is 0 Å². The van der Waals surface area contributed by atoms with Crippen molar-refractivity contribution in [3.05, 3.63) is 33.9 Å². The number of ether oxygens (including phenoxy) is 2. The van der Waals surface area contributed by atoms with Crippen molar-refractivity contribution in [2.75, 3.05) is 25.7 Å². The average Bonchev–Trinajstić information content (AvgIpc) is 2.36. The summed E-state index contributed by atoms with van der Waals surface area (Å²) < 4.78 is 21.7. The van der Waals surface area contributed by atoms with E-state index in [4.69, 9.17) is 9.47 Å². The number of benzene rings is 1. The highest BCUT2D eigenvalue weighted by Crippen LogP contribution is 2.31. The molecule has 0 fully saturated rings. The molecule has 1 aromatic rings. The molecular formula is C12H17NO5S. The smallest absolute Gasteiger partial charge is 0.249 e. The standard InChI is InChI=1S/C12H17NO5S/c1-4-18-12-7-9(5-6-11(12)17-2)10(13(14)15)8-19(3)16/h5-7,10H,4,8H2,1-3H3/t10-,19?/m0/s1. The van der Waals surface area contributed by atoms with Gasteiger partial charge in [-0.1, -0.05) is 0 Å². The Labute approximate surface area is 114 Å². The van der Waals surface area contributed by atoms with Crippen molar-refractivity contribution in [3.8, 4) is 11.5 Å². The number of methoxy groups -OCH3 is 1. The van der Waals surface area contributed by atoms with E-state index in [1.165, 1.54) is 13.4 Å². The minimum Gasteiger partial charge on any atom is -0.493 e. The molecule has 0 aromatic heterocycles. The lowest BCUT2D eigenvalue weighted by molar-refractivity contribution is -0.522. The largest absolute Gasteiger partial charge is 0.493 e. The van der Waals surface area contributed by atoms with Gasteiger partial charge < -0.3 is 9.47 Å². The molecule has 1 aromatic carbocycles. The summed E-state index contributed by atoms with van der Waals surface area (Å²) in [5.74, 6) is 0.951. The van der Waals surface area contributed by atoms with Crippen LogP contribution in [0.1, 0.15) is 18.5 Å². The molecule has 1 unspecified atom stereocenters. The van der Waals surface area contributed by atoms with Crippen LogP contribution in [0.5, 0.6) is 11.5 Å². The Kier molecular flexibility index (Phi) is 5.75. The summed E-state index contributed by atoms with van der Waals surface area (Å²) in [6.45, 7) is 2.25. The molecule has 6 nitrogen and oxygen atoms in total. The van der Waals surface area contributed by atoms with Gasteiger partial charge in [0.05, 0.1) is 19.5 Å². The number of nitro groups is 1. The molecular weight excluding hydrogens is 270 g/mol. The van der Waals surface area contributed by atoms with Crippen molar-refractivity contribution in [2.24, 2.45) is 0 Å².